The fourth-order valence-electron chi connectivity index (χ4n) is 2.69. The molecule has 2 aromatic carbocycles. The van der Waals surface area contributed by atoms with Crippen molar-refractivity contribution in [2.45, 2.75) is 45.6 Å². The molecular formula is C22H32N2O. The lowest BCUT2D eigenvalue weighted by Crippen LogP contribution is -2.21. The molecule has 0 aliphatic heterocycles. The van der Waals surface area contributed by atoms with Gasteiger partial charge in [0.25, 0.3) is 0 Å². The number of unbranched alkanes of at least 4 members (excludes halogenated alkanes) is 4. The normalized spacial score (nSPS) is 10.6. The maximum Gasteiger partial charge on any atom is 0.119 e. The predicted octanol–water partition coefficient (Wildman–Crippen LogP) is 5.24. The van der Waals surface area contributed by atoms with Crippen molar-refractivity contribution in [1.82, 2.24) is 5.32 Å². The highest BCUT2D eigenvalue weighted by Gasteiger charge is 1.96. The van der Waals surface area contributed by atoms with Gasteiger partial charge in [0.05, 0.1) is 6.61 Å². The van der Waals surface area contributed by atoms with Gasteiger partial charge in [-0.25, -0.2) is 0 Å². The van der Waals surface area contributed by atoms with Gasteiger partial charge in [-0.05, 0) is 36.2 Å². The Labute approximate surface area is 152 Å². The molecule has 0 heterocycles. The standard InChI is InChI=1S/C22H32N2O/c1-2-3-4-5-9-18-25-22-14-12-21(13-15-22)24-17-16-23-19-20-10-7-6-8-11-20/h6-8,10-15,23-24H,2-5,9,16-19H2,1H3. The van der Waals surface area contributed by atoms with Crippen LogP contribution in [0.3, 0.4) is 0 Å². The number of benzene rings is 2. The smallest absolute Gasteiger partial charge is 0.119 e. The van der Waals surface area contributed by atoms with Crippen LogP contribution in [0.15, 0.2) is 54.6 Å². The third-order valence-corrected chi connectivity index (χ3v) is 4.17. The number of ether oxygens (including phenoxy) is 1. The second-order valence-corrected chi connectivity index (χ2v) is 6.38. The molecule has 0 radical (unpaired) electrons. The van der Waals surface area contributed by atoms with Gasteiger partial charge in [0.15, 0.2) is 0 Å². The van der Waals surface area contributed by atoms with E-state index in [0.29, 0.717) is 0 Å². The van der Waals surface area contributed by atoms with Gasteiger partial charge < -0.3 is 15.4 Å². The molecule has 0 aliphatic rings. The summed E-state index contributed by atoms with van der Waals surface area (Å²) in [6.45, 7) is 5.81. The van der Waals surface area contributed by atoms with E-state index in [9.17, 15) is 0 Å². The zero-order chi connectivity index (χ0) is 17.6. The highest BCUT2D eigenvalue weighted by molar-refractivity contribution is 5.46. The zero-order valence-electron chi connectivity index (χ0n) is 15.5. The van der Waals surface area contributed by atoms with Crippen LogP contribution < -0.4 is 15.4 Å². The molecule has 2 N–H and O–H groups in total. The van der Waals surface area contributed by atoms with Crippen molar-refractivity contribution in [2.24, 2.45) is 0 Å². The monoisotopic (exact) mass is 340 g/mol. The van der Waals surface area contributed by atoms with Crippen molar-refractivity contribution in [3.8, 4) is 5.75 Å². The van der Waals surface area contributed by atoms with Crippen LogP contribution in [-0.2, 0) is 6.54 Å². The van der Waals surface area contributed by atoms with Crippen molar-refractivity contribution < 1.29 is 4.74 Å². The molecule has 0 saturated carbocycles. The fourth-order valence-corrected chi connectivity index (χ4v) is 2.69. The molecule has 2 aromatic rings. The second-order valence-electron chi connectivity index (χ2n) is 6.38. The van der Waals surface area contributed by atoms with Crippen LogP contribution in [0.2, 0.25) is 0 Å². The molecule has 0 aliphatic carbocycles. The summed E-state index contributed by atoms with van der Waals surface area (Å²) in [5.74, 6) is 0.961. The molecule has 25 heavy (non-hydrogen) atoms. The topological polar surface area (TPSA) is 33.3 Å². The van der Waals surface area contributed by atoms with E-state index in [1.807, 2.05) is 18.2 Å². The minimum Gasteiger partial charge on any atom is -0.494 e. The Morgan fingerprint density at radius 2 is 1.56 bits per heavy atom. The summed E-state index contributed by atoms with van der Waals surface area (Å²) in [5, 5.41) is 6.88. The Kier molecular flexibility index (Phi) is 9.57. The van der Waals surface area contributed by atoms with Crippen LogP contribution in [0.1, 0.15) is 44.6 Å². The van der Waals surface area contributed by atoms with E-state index in [1.165, 1.54) is 31.2 Å². The van der Waals surface area contributed by atoms with Crippen LogP contribution in [-0.4, -0.2) is 19.7 Å². The Balaban J connectivity index is 1.54. The van der Waals surface area contributed by atoms with Gasteiger partial charge in [0.1, 0.15) is 5.75 Å². The highest BCUT2D eigenvalue weighted by Crippen LogP contribution is 2.16. The summed E-state index contributed by atoms with van der Waals surface area (Å²) in [7, 11) is 0. The Morgan fingerprint density at radius 3 is 2.32 bits per heavy atom. The van der Waals surface area contributed by atoms with Gasteiger partial charge >= 0.3 is 0 Å². The molecule has 3 heteroatoms. The van der Waals surface area contributed by atoms with Gasteiger partial charge in [-0.15, -0.1) is 0 Å². The lowest BCUT2D eigenvalue weighted by molar-refractivity contribution is 0.304. The second kappa shape index (κ2) is 12.4. The highest BCUT2D eigenvalue weighted by atomic mass is 16.5. The summed E-state index contributed by atoms with van der Waals surface area (Å²) < 4.78 is 5.79. The number of hydrogen-bond acceptors (Lipinski definition) is 3. The maximum absolute atomic E-state index is 5.79. The lowest BCUT2D eigenvalue weighted by Gasteiger charge is -2.10. The quantitative estimate of drug-likeness (QED) is 0.489. The third-order valence-electron chi connectivity index (χ3n) is 4.17. The summed E-state index contributed by atoms with van der Waals surface area (Å²) in [6, 6.07) is 18.7. The Bertz CT molecular complexity index is 554. The van der Waals surface area contributed by atoms with Crippen molar-refractivity contribution in [3.63, 3.8) is 0 Å². The largest absolute Gasteiger partial charge is 0.494 e. The van der Waals surface area contributed by atoms with Crippen molar-refractivity contribution >= 4 is 5.69 Å². The average molecular weight is 341 g/mol. The van der Waals surface area contributed by atoms with E-state index < -0.39 is 0 Å². The summed E-state index contributed by atoms with van der Waals surface area (Å²) in [6.07, 6.45) is 6.36. The first-order valence-corrected chi connectivity index (χ1v) is 9.60. The number of rotatable bonds is 13. The molecular weight excluding hydrogens is 308 g/mol. The molecule has 0 fully saturated rings. The van der Waals surface area contributed by atoms with Crippen LogP contribution in [0.25, 0.3) is 0 Å². The lowest BCUT2D eigenvalue weighted by atomic mass is 10.2. The maximum atomic E-state index is 5.79. The number of hydrogen-bond donors (Lipinski definition) is 2. The molecule has 2 rings (SSSR count). The SMILES string of the molecule is CCCCCCCOc1ccc(NCCNCc2ccccc2)cc1. The first-order valence-electron chi connectivity index (χ1n) is 9.60. The first kappa shape index (κ1) is 19.3. The van der Waals surface area contributed by atoms with E-state index in [2.05, 4.69) is 54.0 Å². The van der Waals surface area contributed by atoms with Gasteiger partial charge in [-0.3, -0.25) is 0 Å². The molecule has 136 valence electrons. The average Bonchev–Trinajstić information content (AvgIpc) is 2.66. The van der Waals surface area contributed by atoms with E-state index in [-0.39, 0.29) is 0 Å². The van der Waals surface area contributed by atoms with E-state index in [0.717, 1.165) is 44.1 Å². The molecule has 0 saturated heterocycles. The van der Waals surface area contributed by atoms with E-state index >= 15 is 0 Å². The Morgan fingerprint density at radius 1 is 0.800 bits per heavy atom. The Hall–Kier alpha value is -2.00. The summed E-state index contributed by atoms with van der Waals surface area (Å²) >= 11 is 0. The van der Waals surface area contributed by atoms with Gasteiger partial charge in [0, 0.05) is 25.3 Å². The van der Waals surface area contributed by atoms with Crippen LogP contribution >= 0.6 is 0 Å². The minimum atomic E-state index is 0.819. The zero-order valence-corrected chi connectivity index (χ0v) is 15.5. The van der Waals surface area contributed by atoms with Crippen molar-refractivity contribution in [1.29, 1.82) is 0 Å². The number of nitrogens with one attached hydrogen (secondary N) is 2. The van der Waals surface area contributed by atoms with Gasteiger partial charge in [0.2, 0.25) is 0 Å². The third kappa shape index (κ3) is 8.59. The van der Waals surface area contributed by atoms with E-state index in [4.69, 9.17) is 4.74 Å². The molecule has 0 atom stereocenters. The van der Waals surface area contributed by atoms with Crippen LogP contribution in [0.5, 0.6) is 5.75 Å². The molecule has 3 nitrogen and oxygen atoms in total. The molecule has 0 spiro atoms. The van der Waals surface area contributed by atoms with Gasteiger partial charge in [-0.1, -0.05) is 62.9 Å². The molecule has 0 aromatic heterocycles. The van der Waals surface area contributed by atoms with Crippen molar-refractivity contribution in [2.75, 3.05) is 25.0 Å². The fraction of sp³-hybridized carbons (Fsp3) is 0.455. The summed E-state index contributed by atoms with van der Waals surface area (Å²) in [5.41, 5.74) is 2.45. The van der Waals surface area contributed by atoms with Crippen LogP contribution in [0.4, 0.5) is 5.69 Å². The minimum absolute atomic E-state index is 0.819. The number of anilines is 1. The van der Waals surface area contributed by atoms with Gasteiger partial charge in [-0.2, -0.15) is 0 Å². The molecule has 0 bridgehead atoms. The van der Waals surface area contributed by atoms with Crippen LogP contribution in [0, 0.1) is 0 Å². The molecule has 0 amide bonds. The van der Waals surface area contributed by atoms with Crippen molar-refractivity contribution in [3.05, 3.63) is 60.2 Å². The predicted molar refractivity (Wildman–Crippen MR) is 107 cm³/mol. The van der Waals surface area contributed by atoms with E-state index in [1.54, 1.807) is 0 Å². The molecule has 0 unspecified atom stereocenters. The summed E-state index contributed by atoms with van der Waals surface area (Å²) in [4.78, 5) is 0. The first-order chi connectivity index (χ1) is 12.4.